The summed E-state index contributed by atoms with van der Waals surface area (Å²) < 4.78 is 0. The zero-order valence-corrected chi connectivity index (χ0v) is 14.1. The van der Waals surface area contributed by atoms with E-state index in [1.54, 1.807) is 11.1 Å². The van der Waals surface area contributed by atoms with Gasteiger partial charge in [0.1, 0.15) is 0 Å². The summed E-state index contributed by atoms with van der Waals surface area (Å²) in [7, 11) is 0. The second-order valence-corrected chi connectivity index (χ2v) is 8.53. The van der Waals surface area contributed by atoms with E-state index >= 15 is 0 Å². The first kappa shape index (κ1) is 13.9. The van der Waals surface area contributed by atoms with Crippen LogP contribution in [0.5, 0.6) is 0 Å². The Morgan fingerprint density at radius 2 is 2.04 bits per heavy atom. The van der Waals surface area contributed by atoms with Gasteiger partial charge in [-0.25, -0.2) is 0 Å². The lowest BCUT2D eigenvalue weighted by Gasteiger charge is -2.48. The normalized spacial score (nSPS) is 47.1. The van der Waals surface area contributed by atoms with Gasteiger partial charge in [0.15, 0.2) is 5.78 Å². The van der Waals surface area contributed by atoms with Gasteiger partial charge in [0.05, 0.1) is 6.04 Å². The summed E-state index contributed by atoms with van der Waals surface area (Å²) in [6, 6.07) is 0.507. The van der Waals surface area contributed by atoms with Gasteiger partial charge in [0.25, 0.3) is 0 Å². The van der Waals surface area contributed by atoms with E-state index < -0.39 is 0 Å². The van der Waals surface area contributed by atoms with Gasteiger partial charge in [-0.15, -0.1) is 0 Å². The minimum Gasteiger partial charge on any atom is -0.295 e. The molecular formula is C21H25NO. The lowest BCUT2D eigenvalue weighted by molar-refractivity contribution is -0.115. The van der Waals surface area contributed by atoms with Crippen molar-refractivity contribution in [2.75, 3.05) is 0 Å². The maximum Gasteiger partial charge on any atom is 0.156 e. The van der Waals surface area contributed by atoms with Gasteiger partial charge in [0, 0.05) is 23.5 Å². The lowest BCUT2D eigenvalue weighted by atomic mass is 9.55. The summed E-state index contributed by atoms with van der Waals surface area (Å²) in [5, 5.41) is 0. The fourth-order valence-corrected chi connectivity index (χ4v) is 6.41. The Labute approximate surface area is 138 Å². The molecule has 0 saturated heterocycles. The van der Waals surface area contributed by atoms with Crippen molar-refractivity contribution in [2.24, 2.45) is 27.7 Å². The van der Waals surface area contributed by atoms with E-state index in [-0.39, 0.29) is 5.41 Å². The second-order valence-electron chi connectivity index (χ2n) is 8.53. The minimum absolute atomic E-state index is 0.110. The predicted molar refractivity (Wildman–Crippen MR) is 92.4 cm³/mol. The molecule has 120 valence electrons. The van der Waals surface area contributed by atoms with E-state index in [1.165, 1.54) is 31.3 Å². The number of hydrogen-bond acceptors (Lipinski definition) is 2. The Hall–Kier alpha value is -1.44. The Balaban J connectivity index is 1.63. The molecule has 5 rings (SSSR count). The van der Waals surface area contributed by atoms with Gasteiger partial charge in [0.2, 0.25) is 0 Å². The molecule has 0 N–H and O–H groups in total. The van der Waals surface area contributed by atoms with Crippen LogP contribution in [0.4, 0.5) is 0 Å². The van der Waals surface area contributed by atoms with Crippen LogP contribution in [0.2, 0.25) is 0 Å². The number of ketones is 1. The number of nitrogens with zero attached hydrogens (tertiary/aromatic N) is 1. The number of carbonyl (C=O) groups excluding carboxylic acids is 1. The molecule has 0 amide bonds. The van der Waals surface area contributed by atoms with Crippen LogP contribution in [-0.2, 0) is 4.79 Å². The molecule has 0 aromatic heterocycles. The fourth-order valence-electron chi connectivity index (χ4n) is 6.41. The van der Waals surface area contributed by atoms with Crippen LogP contribution in [0.1, 0.15) is 52.4 Å². The number of aliphatic imine (C=N–C) groups is 1. The highest BCUT2D eigenvalue weighted by molar-refractivity contribution is 5.92. The first-order valence-electron chi connectivity index (χ1n) is 9.25. The highest BCUT2D eigenvalue weighted by Gasteiger charge is 2.57. The summed E-state index contributed by atoms with van der Waals surface area (Å²) in [6.07, 6.45) is 15.7. The maximum atomic E-state index is 11.8. The van der Waals surface area contributed by atoms with Crippen LogP contribution in [0.15, 0.2) is 39.9 Å². The summed E-state index contributed by atoms with van der Waals surface area (Å²) in [5.41, 5.74) is 4.95. The number of hydrogen-bond donors (Lipinski definition) is 0. The molecule has 0 bridgehead atoms. The van der Waals surface area contributed by atoms with Gasteiger partial charge in [-0.2, -0.15) is 0 Å². The van der Waals surface area contributed by atoms with Crippen LogP contribution in [0.25, 0.3) is 0 Å². The molecule has 0 unspecified atom stereocenters. The predicted octanol–water partition coefficient (Wildman–Crippen LogP) is 4.43. The Morgan fingerprint density at radius 1 is 1.17 bits per heavy atom. The molecule has 0 aromatic rings. The highest BCUT2D eigenvalue weighted by atomic mass is 16.1. The molecule has 23 heavy (non-hydrogen) atoms. The molecule has 1 aliphatic heterocycles. The molecule has 1 saturated carbocycles. The quantitative estimate of drug-likeness (QED) is 0.651. The third-order valence-corrected chi connectivity index (χ3v) is 7.70. The number of rotatable bonds is 0. The molecule has 4 aliphatic carbocycles. The second kappa shape index (κ2) is 4.34. The van der Waals surface area contributed by atoms with Crippen molar-refractivity contribution in [1.82, 2.24) is 0 Å². The molecular weight excluding hydrogens is 282 g/mol. The third kappa shape index (κ3) is 1.60. The van der Waals surface area contributed by atoms with E-state index in [2.05, 4.69) is 32.2 Å². The van der Waals surface area contributed by atoms with Crippen molar-refractivity contribution < 1.29 is 4.79 Å². The van der Waals surface area contributed by atoms with Crippen LogP contribution in [-0.4, -0.2) is 18.0 Å². The fraction of sp³-hybridized carbons (Fsp3) is 0.619. The molecule has 5 atom stereocenters. The number of allylic oxidation sites excluding steroid dienone is 6. The molecule has 2 heteroatoms. The van der Waals surface area contributed by atoms with Crippen molar-refractivity contribution in [2.45, 2.75) is 58.4 Å². The topological polar surface area (TPSA) is 29.4 Å². The van der Waals surface area contributed by atoms with Gasteiger partial charge in [-0.1, -0.05) is 24.6 Å². The zero-order chi connectivity index (χ0) is 15.8. The lowest BCUT2D eigenvalue weighted by Crippen LogP contribution is -2.41. The SMILES string of the molecule is C[C@@H]1N=C[C@@]23CCC4=C(C=CC5=CC(=O)CC[C@]54C)[C@H]2CC[C@@H]13. The third-order valence-electron chi connectivity index (χ3n) is 7.70. The molecule has 5 aliphatic rings. The van der Waals surface area contributed by atoms with Gasteiger partial charge in [-0.05, 0) is 68.1 Å². The standard InChI is InChI=1S/C21H25NO/c1-13-17-5-6-19-16-4-3-14-11-15(23)7-9-20(14,2)18(16)8-10-21(17,19)12-22-13/h3-4,11-13,17,19H,5-10H2,1-2H3/t13-,17-,19+,20+,21+/m0/s1. The molecule has 1 heterocycles. The Kier molecular flexibility index (Phi) is 2.63. The Bertz CT molecular complexity index is 724. The first-order valence-corrected chi connectivity index (χ1v) is 9.25. The molecule has 0 aromatic carbocycles. The molecule has 0 radical (unpaired) electrons. The van der Waals surface area contributed by atoms with Crippen molar-refractivity contribution in [3.8, 4) is 0 Å². The molecule has 2 nitrogen and oxygen atoms in total. The first-order chi connectivity index (χ1) is 11.0. The highest BCUT2D eigenvalue weighted by Crippen LogP contribution is 2.64. The summed E-state index contributed by atoms with van der Waals surface area (Å²) in [4.78, 5) is 16.7. The van der Waals surface area contributed by atoms with Crippen LogP contribution in [0.3, 0.4) is 0 Å². The van der Waals surface area contributed by atoms with Gasteiger partial charge < -0.3 is 0 Å². The zero-order valence-electron chi connectivity index (χ0n) is 14.1. The number of carbonyl (C=O) groups is 1. The average molecular weight is 307 g/mol. The van der Waals surface area contributed by atoms with E-state index in [0.29, 0.717) is 29.6 Å². The Morgan fingerprint density at radius 3 is 2.91 bits per heavy atom. The van der Waals surface area contributed by atoms with Gasteiger partial charge >= 0.3 is 0 Å². The maximum absolute atomic E-state index is 11.8. The monoisotopic (exact) mass is 307 g/mol. The van der Waals surface area contributed by atoms with Crippen molar-refractivity contribution >= 4 is 12.0 Å². The minimum atomic E-state index is 0.110. The molecule has 1 fully saturated rings. The summed E-state index contributed by atoms with van der Waals surface area (Å²) in [5.74, 6) is 1.72. The largest absolute Gasteiger partial charge is 0.295 e. The van der Waals surface area contributed by atoms with E-state index in [0.717, 1.165) is 12.3 Å². The van der Waals surface area contributed by atoms with E-state index in [1.807, 2.05) is 6.08 Å². The number of fused-ring (bicyclic) bond motifs is 3. The van der Waals surface area contributed by atoms with Crippen molar-refractivity contribution in [1.29, 1.82) is 0 Å². The summed E-state index contributed by atoms with van der Waals surface area (Å²) in [6.45, 7) is 4.67. The van der Waals surface area contributed by atoms with Crippen molar-refractivity contribution in [3.05, 3.63) is 34.9 Å². The summed E-state index contributed by atoms with van der Waals surface area (Å²) >= 11 is 0. The van der Waals surface area contributed by atoms with Crippen molar-refractivity contribution in [3.63, 3.8) is 0 Å². The molecule has 1 spiro atoms. The van der Waals surface area contributed by atoms with E-state index in [9.17, 15) is 4.79 Å². The van der Waals surface area contributed by atoms with Crippen LogP contribution < -0.4 is 0 Å². The average Bonchev–Trinajstić information content (AvgIpc) is 3.06. The van der Waals surface area contributed by atoms with Crippen LogP contribution in [0, 0.1) is 22.7 Å². The van der Waals surface area contributed by atoms with Crippen LogP contribution >= 0.6 is 0 Å². The smallest absolute Gasteiger partial charge is 0.156 e. The van der Waals surface area contributed by atoms with Gasteiger partial charge in [-0.3, -0.25) is 9.79 Å². The van der Waals surface area contributed by atoms with E-state index in [4.69, 9.17) is 4.99 Å².